The van der Waals surface area contributed by atoms with Crippen LogP contribution in [-0.2, 0) is 6.18 Å². The highest BCUT2D eigenvalue weighted by Gasteiger charge is 2.34. The Bertz CT molecular complexity index is 549. The Morgan fingerprint density at radius 2 is 1.85 bits per heavy atom. The van der Waals surface area contributed by atoms with Crippen LogP contribution in [0.4, 0.5) is 13.2 Å². The van der Waals surface area contributed by atoms with Crippen molar-refractivity contribution in [3.63, 3.8) is 0 Å². The molecular formula is C14H16F3N3. The van der Waals surface area contributed by atoms with Crippen LogP contribution in [0.1, 0.15) is 42.6 Å². The van der Waals surface area contributed by atoms with E-state index in [1.54, 1.807) is 25.4 Å². The van der Waals surface area contributed by atoms with Gasteiger partial charge in [0, 0.05) is 23.8 Å². The maximum atomic E-state index is 13.0. The van der Waals surface area contributed by atoms with Gasteiger partial charge in [0.1, 0.15) is 0 Å². The fourth-order valence-electron chi connectivity index (χ4n) is 2.19. The summed E-state index contributed by atoms with van der Waals surface area (Å²) in [6, 6.07) is 5.12. The number of H-pyrrole nitrogens is 1. The van der Waals surface area contributed by atoms with Gasteiger partial charge in [0.25, 0.3) is 0 Å². The van der Waals surface area contributed by atoms with Crippen LogP contribution in [0.15, 0.2) is 36.7 Å². The van der Waals surface area contributed by atoms with E-state index in [-0.39, 0.29) is 11.6 Å². The molecule has 0 aliphatic heterocycles. The first-order valence-electron chi connectivity index (χ1n) is 6.30. The van der Waals surface area contributed by atoms with Crippen LogP contribution in [0.3, 0.4) is 0 Å². The highest BCUT2D eigenvalue weighted by atomic mass is 19.4. The first kappa shape index (κ1) is 14.6. The molecule has 20 heavy (non-hydrogen) atoms. The summed E-state index contributed by atoms with van der Waals surface area (Å²) in [5.41, 5.74) is 0.552. The number of nitrogens with one attached hydrogen (secondary N) is 2. The van der Waals surface area contributed by atoms with Crippen LogP contribution >= 0.6 is 0 Å². The Morgan fingerprint density at radius 3 is 2.45 bits per heavy atom. The van der Waals surface area contributed by atoms with E-state index in [0.717, 1.165) is 11.6 Å². The normalized spacial score (nSPS) is 15.1. The van der Waals surface area contributed by atoms with E-state index in [2.05, 4.69) is 15.5 Å². The van der Waals surface area contributed by atoms with Gasteiger partial charge in [0.05, 0.1) is 11.8 Å². The molecule has 0 aliphatic carbocycles. The monoisotopic (exact) mass is 283 g/mol. The van der Waals surface area contributed by atoms with Crippen molar-refractivity contribution in [3.8, 4) is 0 Å². The number of halogens is 3. The lowest BCUT2D eigenvalue weighted by Crippen LogP contribution is -2.24. The van der Waals surface area contributed by atoms with Crippen LogP contribution in [0.2, 0.25) is 0 Å². The average molecular weight is 283 g/mol. The lowest BCUT2D eigenvalue weighted by Gasteiger charge is -2.22. The van der Waals surface area contributed by atoms with Gasteiger partial charge in [-0.3, -0.25) is 5.10 Å². The van der Waals surface area contributed by atoms with E-state index in [4.69, 9.17) is 0 Å². The summed E-state index contributed by atoms with van der Waals surface area (Å²) < 4.78 is 38.9. The van der Waals surface area contributed by atoms with Crippen molar-refractivity contribution in [2.24, 2.45) is 0 Å². The second-order valence-corrected chi connectivity index (χ2v) is 4.73. The van der Waals surface area contributed by atoms with E-state index in [1.165, 1.54) is 12.1 Å². The molecular weight excluding hydrogens is 267 g/mol. The molecule has 1 heterocycles. The van der Waals surface area contributed by atoms with Gasteiger partial charge < -0.3 is 5.32 Å². The third-order valence-corrected chi connectivity index (χ3v) is 3.25. The van der Waals surface area contributed by atoms with E-state index >= 15 is 0 Å². The number of aromatic amines is 1. The third-order valence-electron chi connectivity index (χ3n) is 3.25. The van der Waals surface area contributed by atoms with Crippen LogP contribution in [0.25, 0.3) is 0 Å². The Morgan fingerprint density at radius 1 is 1.15 bits per heavy atom. The van der Waals surface area contributed by atoms with Crippen molar-refractivity contribution in [1.82, 2.24) is 15.5 Å². The largest absolute Gasteiger partial charge is 0.416 e. The zero-order valence-corrected chi connectivity index (χ0v) is 11.2. The van der Waals surface area contributed by atoms with Crippen molar-refractivity contribution in [2.45, 2.75) is 32.1 Å². The highest BCUT2D eigenvalue weighted by molar-refractivity contribution is 5.32. The van der Waals surface area contributed by atoms with Gasteiger partial charge in [-0.05, 0) is 25.5 Å². The van der Waals surface area contributed by atoms with Gasteiger partial charge in [-0.15, -0.1) is 0 Å². The molecule has 0 saturated heterocycles. The molecule has 0 aliphatic rings. The number of nitrogens with zero attached hydrogens (tertiary/aromatic N) is 1. The minimum atomic E-state index is -4.34. The average Bonchev–Trinajstić information content (AvgIpc) is 2.91. The molecule has 2 rings (SSSR count). The number of rotatable bonds is 4. The molecule has 3 nitrogen and oxygen atoms in total. The Balaban J connectivity index is 2.19. The quantitative estimate of drug-likeness (QED) is 0.895. The van der Waals surface area contributed by atoms with Gasteiger partial charge in [-0.2, -0.15) is 18.3 Å². The van der Waals surface area contributed by atoms with Crippen LogP contribution in [0.5, 0.6) is 0 Å². The van der Waals surface area contributed by atoms with Crippen molar-refractivity contribution in [3.05, 3.63) is 53.3 Å². The molecule has 2 atom stereocenters. The van der Waals surface area contributed by atoms with E-state index in [9.17, 15) is 13.2 Å². The van der Waals surface area contributed by atoms with Gasteiger partial charge in [0.15, 0.2) is 0 Å². The lowest BCUT2D eigenvalue weighted by atomic mass is 10.00. The van der Waals surface area contributed by atoms with Gasteiger partial charge in [0.2, 0.25) is 0 Å². The van der Waals surface area contributed by atoms with Crippen molar-refractivity contribution in [2.75, 3.05) is 0 Å². The zero-order valence-electron chi connectivity index (χ0n) is 11.2. The molecule has 1 aromatic carbocycles. The molecule has 108 valence electrons. The van der Waals surface area contributed by atoms with E-state index in [1.807, 2.05) is 6.92 Å². The Kier molecular flexibility index (Phi) is 4.13. The van der Waals surface area contributed by atoms with Gasteiger partial charge in [-0.25, -0.2) is 0 Å². The second-order valence-electron chi connectivity index (χ2n) is 4.73. The summed E-state index contributed by atoms with van der Waals surface area (Å²) in [5, 5.41) is 9.68. The third kappa shape index (κ3) is 3.19. The number of aromatic nitrogens is 2. The number of benzene rings is 1. The zero-order chi connectivity index (χ0) is 14.8. The molecule has 6 heteroatoms. The standard InChI is InChI=1S/C14H16F3N3/c1-9(11-7-18-19-8-11)20-10(2)12-5-3-4-6-13(12)14(15,16)17/h3-10,20H,1-2H3,(H,18,19). The summed E-state index contributed by atoms with van der Waals surface area (Å²) in [5.74, 6) is 0. The number of hydrogen-bond donors (Lipinski definition) is 2. The second kappa shape index (κ2) is 5.66. The minimum Gasteiger partial charge on any atom is -0.304 e. The Hall–Kier alpha value is -1.82. The fraction of sp³-hybridized carbons (Fsp3) is 0.357. The van der Waals surface area contributed by atoms with Crippen molar-refractivity contribution < 1.29 is 13.2 Å². The highest BCUT2D eigenvalue weighted by Crippen LogP contribution is 2.34. The fourth-order valence-corrected chi connectivity index (χ4v) is 2.19. The molecule has 0 bridgehead atoms. The minimum absolute atomic E-state index is 0.0926. The summed E-state index contributed by atoms with van der Waals surface area (Å²) in [7, 11) is 0. The summed E-state index contributed by atoms with van der Waals surface area (Å²) >= 11 is 0. The maximum absolute atomic E-state index is 13.0. The summed E-state index contributed by atoms with van der Waals surface area (Å²) in [6.07, 6.45) is -0.967. The SMILES string of the molecule is CC(NC(C)c1ccccc1C(F)(F)F)c1cn[nH]c1. The smallest absolute Gasteiger partial charge is 0.304 e. The number of hydrogen-bond acceptors (Lipinski definition) is 2. The summed E-state index contributed by atoms with van der Waals surface area (Å²) in [6.45, 7) is 3.61. The first-order valence-corrected chi connectivity index (χ1v) is 6.30. The predicted octanol–water partition coefficient (Wildman–Crippen LogP) is 3.84. The molecule has 1 aromatic heterocycles. The molecule has 0 spiro atoms. The molecule has 2 aromatic rings. The topological polar surface area (TPSA) is 40.7 Å². The van der Waals surface area contributed by atoms with Crippen molar-refractivity contribution in [1.29, 1.82) is 0 Å². The van der Waals surface area contributed by atoms with Gasteiger partial charge >= 0.3 is 6.18 Å². The van der Waals surface area contributed by atoms with E-state index in [0.29, 0.717) is 0 Å². The van der Waals surface area contributed by atoms with Gasteiger partial charge in [-0.1, -0.05) is 18.2 Å². The van der Waals surface area contributed by atoms with Crippen molar-refractivity contribution >= 4 is 0 Å². The summed E-state index contributed by atoms with van der Waals surface area (Å²) in [4.78, 5) is 0. The predicted molar refractivity (Wildman–Crippen MR) is 70.0 cm³/mol. The van der Waals surface area contributed by atoms with Crippen LogP contribution < -0.4 is 5.32 Å². The molecule has 0 amide bonds. The first-order chi connectivity index (χ1) is 9.39. The lowest BCUT2D eigenvalue weighted by molar-refractivity contribution is -0.138. The van der Waals surface area contributed by atoms with Crippen LogP contribution in [-0.4, -0.2) is 10.2 Å². The Labute approximate surface area is 115 Å². The van der Waals surface area contributed by atoms with E-state index < -0.39 is 17.8 Å². The maximum Gasteiger partial charge on any atom is 0.416 e. The molecule has 0 radical (unpaired) electrons. The molecule has 0 saturated carbocycles. The molecule has 2 N–H and O–H groups in total. The molecule has 2 unspecified atom stereocenters. The van der Waals surface area contributed by atoms with Crippen LogP contribution in [0, 0.1) is 0 Å². The molecule has 0 fully saturated rings. The number of alkyl halides is 3.